The van der Waals surface area contributed by atoms with E-state index in [1.165, 1.54) is 25.1 Å². The van der Waals surface area contributed by atoms with Gasteiger partial charge in [-0.15, -0.1) is 5.10 Å². The molecular formula is C17H16FN5O2. The number of hydrogen-bond donors (Lipinski definition) is 2. The van der Waals surface area contributed by atoms with Crippen LogP contribution in [-0.4, -0.2) is 26.8 Å². The summed E-state index contributed by atoms with van der Waals surface area (Å²) in [7, 11) is 0. The van der Waals surface area contributed by atoms with E-state index >= 15 is 0 Å². The van der Waals surface area contributed by atoms with Crippen LogP contribution in [-0.2, 0) is 11.3 Å². The number of hydrogen-bond acceptors (Lipinski definition) is 4. The molecule has 3 aromatic rings. The largest absolute Gasteiger partial charge is 0.324 e. The predicted octanol–water partition coefficient (Wildman–Crippen LogP) is 2.80. The Hall–Kier alpha value is -3.29. The fourth-order valence-corrected chi connectivity index (χ4v) is 2.44. The van der Waals surface area contributed by atoms with E-state index in [1.807, 2.05) is 6.92 Å². The first-order chi connectivity index (χ1) is 12.0. The minimum Gasteiger partial charge on any atom is -0.324 e. The van der Waals surface area contributed by atoms with E-state index in [1.54, 1.807) is 22.9 Å². The molecule has 1 aromatic heterocycles. The fourth-order valence-electron chi connectivity index (χ4n) is 2.44. The Balaban J connectivity index is 1.83. The Kier molecular flexibility index (Phi) is 4.42. The maximum Gasteiger partial charge on any atom is 0.255 e. The number of carbonyl (C=O) groups excluding carboxylic acids is 2. The lowest BCUT2D eigenvalue weighted by molar-refractivity contribution is -0.114. The number of amides is 2. The Morgan fingerprint density at radius 2 is 1.96 bits per heavy atom. The first kappa shape index (κ1) is 16.6. The molecule has 128 valence electrons. The van der Waals surface area contributed by atoms with Crippen LogP contribution >= 0.6 is 0 Å². The average Bonchev–Trinajstić information content (AvgIpc) is 2.99. The van der Waals surface area contributed by atoms with Gasteiger partial charge < -0.3 is 10.6 Å². The molecule has 1 heterocycles. The van der Waals surface area contributed by atoms with Crippen molar-refractivity contribution in [3.05, 3.63) is 47.8 Å². The Labute approximate surface area is 142 Å². The number of aryl methyl sites for hydroxylation is 1. The molecule has 0 spiro atoms. The minimum atomic E-state index is -0.578. The van der Waals surface area contributed by atoms with Gasteiger partial charge in [0, 0.05) is 24.7 Å². The predicted molar refractivity (Wildman–Crippen MR) is 91.9 cm³/mol. The van der Waals surface area contributed by atoms with E-state index in [2.05, 4.69) is 20.9 Å². The molecule has 0 atom stereocenters. The van der Waals surface area contributed by atoms with Gasteiger partial charge in [-0.1, -0.05) is 5.21 Å². The normalized spacial score (nSPS) is 10.7. The molecule has 0 aliphatic rings. The molecule has 0 aliphatic carbocycles. The van der Waals surface area contributed by atoms with Gasteiger partial charge in [0.2, 0.25) is 5.91 Å². The van der Waals surface area contributed by atoms with Gasteiger partial charge in [0.05, 0.1) is 11.2 Å². The monoisotopic (exact) mass is 341 g/mol. The summed E-state index contributed by atoms with van der Waals surface area (Å²) in [5, 5.41) is 13.1. The molecular weight excluding hydrogens is 325 g/mol. The van der Waals surface area contributed by atoms with E-state index in [9.17, 15) is 14.0 Å². The molecule has 2 N–H and O–H groups in total. The lowest BCUT2D eigenvalue weighted by atomic mass is 10.1. The average molecular weight is 341 g/mol. The van der Waals surface area contributed by atoms with Crippen LogP contribution < -0.4 is 10.6 Å². The summed E-state index contributed by atoms with van der Waals surface area (Å²) in [6.07, 6.45) is 0. The van der Waals surface area contributed by atoms with Crippen molar-refractivity contribution in [1.82, 2.24) is 15.0 Å². The molecule has 7 nitrogen and oxygen atoms in total. The van der Waals surface area contributed by atoms with E-state index in [4.69, 9.17) is 0 Å². The third-order valence-electron chi connectivity index (χ3n) is 3.61. The van der Waals surface area contributed by atoms with Crippen molar-refractivity contribution >= 4 is 34.2 Å². The van der Waals surface area contributed by atoms with Crippen molar-refractivity contribution in [2.24, 2.45) is 0 Å². The van der Waals surface area contributed by atoms with Gasteiger partial charge in [-0.3, -0.25) is 9.59 Å². The van der Waals surface area contributed by atoms with Gasteiger partial charge in [0.1, 0.15) is 11.3 Å². The SMILES string of the molecule is CCn1nnc2cc(C(=O)Nc3ccc(F)c(NC(C)=O)c3)ccc21. The molecule has 0 fully saturated rings. The molecule has 2 aromatic carbocycles. The van der Waals surface area contributed by atoms with Crippen LogP contribution in [0.1, 0.15) is 24.2 Å². The van der Waals surface area contributed by atoms with E-state index in [0.29, 0.717) is 23.3 Å². The van der Waals surface area contributed by atoms with Crippen LogP contribution in [0.5, 0.6) is 0 Å². The van der Waals surface area contributed by atoms with Gasteiger partial charge >= 0.3 is 0 Å². The maximum absolute atomic E-state index is 13.7. The lowest BCUT2D eigenvalue weighted by Crippen LogP contribution is -2.13. The second-order valence-corrected chi connectivity index (χ2v) is 5.44. The van der Waals surface area contributed by atoms with Crippen molar-refractivity contribution in [2.45, 2.75) is 20.4 Å². The molecule has 0 bridgehead atoms. The Morgan fingerprint density at radius 1 is 1.16 bits per heavy atom. The molecule has 2 amide bonds. The Morgan fingerprint density at radius 3 is 2.68 bits per heavy atom. The number of rotatable bonds is 4. The number of fused-ring (bicyclic) bond motifs is 1. The van der Waals surface area contributed by atoms with Crippen LogP contribution in [0.4, 0.5) is 15.8 Å². The van der Waals surface area contributed by atoms with Crippen LogP contribution in [0.2, 0.25) is 0 Å². The van der Waals surface area contributed by atoms with E-state index in [-0.39, 0.29) is 11.6 Å². The summed E-state index contributed by atoms with van der Waals surface area (Å²) in [6.45, 7) is 3.92. The number of nitrogens with zero attached hydrogens (tertiary/aromatic N) is 3. The van der Waals surface area contributed by atoms with Gasteiger partial charge in [-0.2, -0.15) is 0 Å². The summed E-state index contributed by atoms with van der Waals surface area (Å²) in [6, 6.07) is 9.05. The molecule has 8 heteroatoms. The third kappa shape index (κ3) is 3.47. The molecule has 0 radical (unpaired) electrons. The van der Waals surface area contributed by atoms with E-state index < -0.39 is 11.7 Å². The van der Waals surface area contributed by atoms with Gasteiger partial charge in [-0.05, 0) is 43.3 Å². The zero-order valence-electron chi connectivity index (χ0n) is 13.7. The van der Waals surface area contributed by atoms with Gasteiger partial charge in [-0.25, -0.2) is 9.07 Å². The van der Waals surface area contributed by atoms with Gasteiger partial charge in [0.15, 0.2) is 0 Å². The number of carbonyl (C=O) groups is 2. The van der Waals surface area contributed by atoms with Crippen molar-refractivity contribution in [1.29, 1.82) is 0 Å². The van der Waals surface area contributed by atoms with Crippen molar-refractivity contribution in [2.75, 3.05) is 10.6 Å². The summed E-state index contributed by atoms with van der Waals surface area (Å²) in [5.41, 5.74) is 2.24. The highest BCUT2D eigenvalue weighted by molar-refractivity contribution is 6.06. The molecule has 0 unspecified atom stereocenters. The molecule has 25 heavy (non-hydrogen) atoms. The highest BCUT2D eigenvalue weighted by Gasteiger charge is 2.12. The number of aromatic nitrogens is 3. The summed E-state index contributed by atoms with van der Waals surface area (Å²) < 4.78 is 15.4. The molecule has 0 saturated heterocycles. The molecule has 0 saturated carbocycles. The number of benzene rings is 2. The smallest absolute Gasteiger partial charge is 0.255 e. The highest BCUT2D eigenvalue weighted by atomic mass is 19.1. The summed E-state index contributed by atoms with van der Waals surface area (Å²) >= 11 is 0. The topological polar surface area (TPSA) is 88.9 Å². The number of anilines is 2. The van der Waals surface area contributed by atoms with Crippen molar-refractivity contribution in [3.63, 3.8) is 0 Å². The van der Waals surface area contributed by atoms with Crippen molar-refractivity contribution < 1.29 is 14.0 Å². The second-order valence-electron chi connectivity index (χ2n) is 5.44. The van der Waals surface area contributed by atoms with Crippen molar-refractivity contribution in [3.8, 4) is 0 Å². The quantitative estimate of drug-likeness (QED) is 0.764. The third-order valence-corrected chi connectivity index (χ3v) is 3.61. The summed E-state index contributed by atoms with van der Waals surface area (Å²) in [4.78, 5) is 23.5. The summed E-state index contributed by atoms with van der Waals surface area (Å²) in [5.74, 6) is -1.34. The first-order valence-corrected chi connectivity index (χ1v) is 7.69. The number of nitrogens with one attached hydrogen (secondary N) is 2. The number of halogens is 1. The maximum atomic E-state index is 13.7. The minimum absolute atomic E-state index is 0.00615. The highest BCUT2D eigenvalue weighted by Crippen LogP contribution is 2.21. The molecule has 0 aliphatic heterocycles. The van der Waals surface area contributed by atoms with E-state index in [0.717, 1.165) is 5.52 Å². The van der Waals surface area contributed by atoms with Crippen LogP contribution in [0.25, 0.3) is 11.0 Å². The second kappa shape index (κ2) is 6.68. The van der Waals surface area contributed by atoms with Crippen LogP contribution in [0.3, 0.4) is 0 Å². The van der Waals surface area contributed by atoms with Crippen LogP contribution in [0, 0.1) is 5.82 Å². The lowest BCUT2D eigenvalue weighted by Gasteiger charge is -2.09. The fraction of sp³-hybridized carbons (Fsp3) is 0.176. The van der Waals surface area contributed by atoms with Crippen LogP contribution in [0.15, 0.2) is 36.4 Å². The zero-order valence-corrected chi connectivity index (χ0v) is 13.7. The first-order valence-electron chi connectivity index (χ1n) is 7.69. The Bertz CT molecular complexity index is 967. The van der Waals surface area contributed by atoms with Gasteiger partial charge in [0.25, 0.3) is 5.91 Å². The zero-order chi connectivity index (χ0) is 18.0. The molecule has 3 rings (SSSR count). The standard InChI is InChI=1S/C17H16FN5O2/c1-3-23-16-7-4-11(8-15(16)21-22-23)17(25)20-12-5-6-13(18)14(9-12)19-10(2)24/h4-9H,3H2,1-2H3,(H,19,24)(H,20,25).